The molecule has 0 bridgehead atoms. The zero-order chi connectivity index (χ0) is 22.1. The number of aryl methyl sites for hydroxylation is 1. The number of carbonyl (C=O) groups excluding carboxylic acids is 1. The van der Waals surface area contributed by atoms with Gasteiger partial charge in [0.05, 0.1) is 13.2 Å². The molecule has 0 spiro atoms. The summed E-state index contributed by atoms with van der Waals surface area (Å²) in [5, 5.41) is 4.28. The van der Waals surface area contributed by atoms with E-state index >= 15 is 0 Å². The molecule has 2 heterocycles. The fraction of sp³-hybridized carbons (Fsp3) is 0.222. The van der Waals surface area contributed by atoms with Crippen LogP contribution in [0.2, 0.25) is 0 Å². The minimum atomic E-state index is -0.173. The molecule has 0 unspecified atom stereocenters. The monoisotopic (exact) mass is 425 g/mol. The summed E-state index contributed by atoms with van der Waals surface area (Å²) in [5.74, 6) is 0.842. The minimum Gasteiger partial charge on any atom is -0.497 e. The van der Waals surface area contributed by atoms with Gasteiger partial charge in [0.1, 0.15) is 5.75 Å². The predicted octanol–water partition coefficient (Wildman–Crippen LogP) is 5.34. The van der Waals surface area contributed by atoms with Gasteiger partial charge in [-0.1, -0.05) is 60.2 Å². The Labute approximate surface area is 188 Å². The topological polar surface area (TPSA) is 57.4 Å². The fourth-order valence-corrected chi connectivity index (χ4v) is 4.58. The van der Waals surface area contributed by atoms with Gasteiger partial charge in [-0.25, -0.2) is 4.79 Å². The molecule has 2 N–H and O–H groups in total. The number of methoxy groups -OCH3 is 1. The number of H-pyrrole nitrogens is 1. The van der Waals surface area contributed by atoms with Crippen molar-refractivity contribution in [1.29, 1.82) is 0 Å². The second kappa shape index (κ2) is 8.42. The molecule has 4 aromatic rings. The lowest BCUT2D eigenvalue weighted by atomic mass is 9.92. The number of rotatable bonds is 4. The summed E-state index contributed by atoms with van der Waals surface area (Å²) in [6.07, 6.45) is 0.795. The van der Waals surface area contributed by atoms with Gasteiger partial charge in [0, 0.05) is 29.7 Å². The van der Waals surface area contributed by atoms with Crippen LogP contribution in [0.4, 0.5) is 4.79 Å². The predicted molar refractivity (Wildman–Crippen MR) is 127 cm³/mol. The number of nitrogens with zero attached hydrogens (tertiary/aromatic N) is 1. The van der Waals surface area contributed by atoms with Gasteiger partial charge >= 0.3 is 6.03 Å². The number of urea groups is 1. The van der Waals surface area contributed by atoms with Crippen molar-refractivity contribution in [3.8, 4) is 5.75 Å². The number of aromatic amines is 1. The van der Waals surface area contributed by atoms with Gasteiger partial charge in [-0.2, -0.15) is 0 Å². The molecule has 5 heteroatoms. The quantitative estimate of drug-likeness (QED) is 0.464. The first-order valence-corrected chi connectivity index (χ1v) is 11.0. The Balaban J connectivity index is 1.53. The van der Waals surface area contributed by atoms with Crippen molar-refractivity contribution < 1.29 is 9.53 Å². The van der Waals surface area contributed by atoms with Gasteiger partial charge < -0.3 is 19.9 Å². The number of nitrogens with one attached hydrogen (secondary N) is 2. The molecule has 0 fully saturated rings. The van der Waals surface area contributed by atoms with Crippen LogP contribution in [-0.4, -0.2) is 29.6 Å². The van der Waals surface area contributed by atoms with Crippen LogP contribution in [-0.2, 0) is 13.0 Å². The van der Waals surface area contributed by atoms with E-state index in [-0.39, 0.29) is 12.1 Å². The molecule has 0 aliphatic carbocycles. The average Bonchev–Trinajstić information content (AvgIpc) is 3.21. The van der Waals surface area contributed by atoms with Crippen molar-refractivity contribution >= 4 is 16.9 Å². The number of benzene rings is 3. The number of hydrogen-bond donors (Lipinski definition) is 2. The summed E-state index contributed by atoms with van der Waals surface area (Å²) in [6.45, 7) is 3.24. The van der Waals surface area contributed by atoms with Crippen LogP contribution in [0.1, 0.15) is 34.0 Å². The van der Waals surface area contributed by atoms with Crippen molar-refractivity contribution in [2.24, 2.45) is 0 Å². The van der Waals surface area contributed by atoms with Crippen molar-refractivity contribution in [1.82, 2.24) is 15.2 Å². The lowest BCUT2D eigenvalue weighted by Crippen LogP contribution is -2.45. The van der Waals surface area contributed by atoms with Gasteiger partial charge in [0.25, 0.3) is 0 Å². The Hall–Kier alpha value is -3.73. The second-order valence-electron chi connectivity index (χ2n) is 8.33. The summed E-state index contributed by atoms with van der Waals surface area (Å²) in [4.78, 5) is 18.9. The van der Waals surface area contributed by atoms with E-state index in [0.29, 0.717) is 13.1 Å². The highest BCUT2D eigenvalue weighted by Crippen LogP contribution is 2.39. The Morgan fingerprint density at radius 2 is 1.88 bits per heavy atom. The summed E-state index contributed by atoms with van der Waals surface area (Å²) in [5.41, 5.74) is 6.80. The maximum atomic E-state index is 13.3. The van der Waals surface area contributed by atoms with E-state index in [9.17, 15) is 4.79 Å². The molecule has 1 atom stereocenters. The van der Waals surface area contributed by atoms with Crippen LogP contribution in [0.15, 0.2) is 72.8 Å². The first kappa shape index (κ1) is 20.2. The molecule has 0 saturated heterocycles. The molecule has 5 rings (SSSR count). The molecule has 3 aromatic carbocycles. The lowest BCUT2D eigenvalue weighted by Gasteiger charge is -2.36. The van der Waals surface area contributed by atoms with Crippen molar-refractivity contribution in [3.63, 3.8) is 0 Å². The Bertz CT molecular complexity index is 1250. The zero-order valence-corrected chi connectivity index (χ0v) is 18.4. The first-order valence-electron chi connectivity index (χ1n) is 11.0. The number of carbonyl (C=O) groups is 1. The third-order valence-electron chi connectivity index (χ3n) is 6.27. The molecule has 1 aromatic heterocycles. The smallest absolute Gasteiger partial charge is 0.318 e. The third kappa shape index (κ3) is 3.71. The minimum absolute atomic E-state index is 0.0543. The highest BCUT2D eigenvalue weighted by Gasteiger charge is 2.34. The van der Waals surface area contributed by atoms with Crippen molar-refractivity contribution in [2.75, 3.05) is 13.7 Å². The van der Waals surface area contributed by atoms with Crippen molar-refractivity contribution in [3.05, 3.63) is 101 Å². The summed E-state index contributed by atoms with van der Waals surface area (Å²) in [7, 11) is 1.69. The number of fused-ring (bicyclic) bond motifs is 3. The van der Waals surface area contributed by atoms with Crippen LogP contribution < -0.4 is 10.1 Å². The van der Waals surface area contributed by atoms with Gasteiger partial charge in [0.2, 0.25) is 0 Å². The van der Waals surface area contributed by atoms with E-state index in [1.807, 2.05) is 41.3 Å². The Kier molecular flexibility index (Phi) is 5.31. The molecule has 162 valence electrons. The van der Waals surface area contributed by atoms with Crippen molar-refractivity contribution in [2.45, 2.75) is 25.9 Å². The van der Waals surface area contributed by atoms with Gasteiger partial charge in [-0.15, -0.1) is 0 Å². The highest BCUT2D eigenvalue weighted by atomic mass is 16.5. The molecule has 5 nitrogen and oxygen atoms in total. The molecule has 32 heavy (non-hydrogen) atoms. The molecule has 1 aliphatic rings. The molecular weight excluding hydrogens is 398 g/mol. The normalized spacial score (nSPS) is 15.4. The van der Waals surface area contributed by atoms with Crippen LogP contribution in [0.3, 0.4) is 0 Å². The van der Waals surface area contributed by atoms with Gasteiger partial charge in [-0.05, 0) is 48.2 Å². The van der Waals surface area contributed by atoms with Gasteiger partial charge in [0.15, 0.2) is 0 Å². The number of aromatic nitrogens is 1. The van der Waals surface area contributed by atoms with E-state index < -0.39 is 0 Å². The standard InChI is InChI=1S/C27H27N3O2/c1-18-8-10-20(11-9-18)26-25-22(23-16-21(32-2)12-13-24(23)29-25)14-15-30(26)27(31)28-17-19-6-4-3-5-7-19/h3-13,16,26,29H,14-15,17H2,1-2H3,(H,28,31)/t26-/m1/s1. The second-order valence-corrected chi connectivity index (χ2v) is 8.33. The van der Waals surface area contributed by atoms with Crippen LogP contribution >= 0.6 is 0 Å². The van der Waals surface area contributed by atoms with Crippen LogP contribution in [0, 0.1) is 6.92 Å². The van der Waals surface area contributed by atoms with E-state index in [0.717, 1.165) is 34.5 Å². The molecular formula is C27H27N3O2. The Morgan fingerprint density at radius 1 is 1.09 bits per heavy atom. The molecule has 2 amide bonds. The average molecular weight is 426 g/mol. The summed E-state index contributed by atoms with van der Waals surface area (Å²) >= 11 is 0. The zero-order valence-electron chi connectivity index (χ0n) is 18.4. The SMILES string of the molecule is COc1ccc2[nH]c3c(c2c1)CCN(C(=O)NCc1ccccc1)[C@@H]3c1ccc(C)cc1. The largest absolute Gasteiger partial charge is 0.497 e. The number of amides is 2. The van der Waals surface area contributed by atoms with Crippen LogP contribution in [0.25, 0.3) is 10.9 Å². The molecule has 0 radical (unpaired) electrons. The van der Waals surface area contributed by atoms with E-state index in [1.54, 1.807) is 7.11 Å². The van der Waals surface area contributed by atoms with Gasteiger partial charge in [-0.3, -0.25) is 0 Å². The summed E-state index contributed by atoms with van der Waals surface area (Å²) < 4.78 is 5.45. The third-order valence-corrected chi connectivity index (χ3v) is 6.27. The van der Waals surface area contributed by atoms with E-state index in [1.165, 1.54) is 16.5 Å². The molecule has 1 aliphatic heterocycles. The Morgan fingerprint density at radius 3 is 2.62 bits per heavy atom. The van der Waals surface area contributed by atoms with Crippen LogP contribution in [0.5, 0.6) is 5.75 Å². The van der Waals surface area contributed by atoms with E-state index in [2.05, 4.69) is 53.6 Å². The molecule has 0 saturated carbocycles. The maximum absolute atomic E-state index is 13.3. The van der Waals surface area contributed by atoms with E-state index in [4.69, 9.17) is 4.74 Å². The fourth-order valence-electron chi connectivity index (χ4n) is 4.58. The highest BCUT2D eigenvalue weighted by molar-refractivity contribution is 5.87. The summed E-state index contributed by atoms with van der Waals surface area (Å²) in [6, 6.07) is 24.3. The first-order chi connectivity index (χ1) is 15.6. The number of ether oxygens (including phenoxy) is 1. The maximum Gasteiger partial charge on any atom is 0.318 e. The number of hydrogen-bond acceptors (Lipinski definition) is 2. The lowest BCUT2D eigenvalue weighted by molar-refractivity contribution is 0.179.